The van der Waals surface area contributed by atoms with Crippen molar-refractivity contribution in [1.82, 2.24) is 5.32 Å². The van der Waals surface area contributed by atoms with E-state index in [1.807, 2.05) is 18.2 Å². The number of aliphatic imine (C=N–C) groups is 1. The van der Waals surface area contributed by atoms with Crippen LogP contribution in [0.3, 0.4) is 0 Å². The summed E-state index contributed by atoms with van der Waals surface area (Å²) in [5.41, 5.74) is 0. The van der Waals surface area contributed by atoms with Gasteiger partial charge in [0.15, 0.2) is 0 Å². The minimum Gasteiger partial charge on any atom is -0.330 e. The minimum atomic E-state index is -0.0718. The van der Waals surface area contributed by atoms with Gasteiger partial charge in [0, 0.05) is 12.1 Å². The summed E-state index contributed by atoms with van der Waals surface area (Å²) in [5, 5.41) is 2.74. The lowest BCUT2D eigenvalue weighted by Crippen LogP contribution is -2.40. The molecule has 1 N–H and O–H groups in total. The van der Waals surface area contributed by atoms with Crippen LogP contribution < -0.4 is 5.32 Å². The van der Waals surface area contributed by atoms with Gasteiger partial charge in [-0.05, 0) is 12.2 Å². The van der Waals surface area contributed by atoms with Crippen LogP contribution in [0, 0.1) is 5.92 Å². The molecule has 2 unspecified atom stereocenters. The maximum Gasteiger partial charge on any atom is 0.245 e. The summed E-state index contributed by atoms with van der Waals surface area (Å²) in [6.45, 7) is 0. The molecule has 0 bridgehead atoms. The summed E-state index contributed by atoms with van der Waals surface area (Å²) >= 11 is 0. The van der Waals surface area contributed by atoms with E-state index in [-0.39, 0.29) is 18.0 Å². The zero-order valence-electron chi connectivity index (χ0n) is 5.90. The van der Waals surface area contributed by atoms with Crippen LogP contribution in [-0.2, 0) is 4.79 Å². The molecule has 3 heteroatoms. The Hall–Kier alpha value is -1.38. The Morgan fingerprint density at radius 1 is 1.45 bits per heavy atom. The Morgan fingerprint density at radius 3 is 3.27 bits per heavy atom. The first kappa shape index (κ1) is 6.34. The molecule has 1 amide bonds. The second kappa shape index (κ2) is 2.34. The van der Waals surface area contributed by atoms with E-state index in [0.717, 1.165) is 0 Å². The quantitative estimate of drug-likeness (QED) is 0.526. The fourth-order valence-corrected chi connectivity index (χ4v) is 1.22. The number of nitrogens with zero attached hydrogens (tertiary/aromatic N) is 1. The normalized spacial score (nSPS) is 33.3. The van der Waals surface area contributed by atoms with E-state index >= 15 is 0 Å². The Kier molecular flexibility index (Phi) is 1.35. The number of fused-ring (bicyclic) bond motifs is 1. The first-order valence-corrected chi connectivity index (χ1v) is 3.55. The molecule has 0 aliphatic carbocycles. The number of nitrogens with one attached hydrogen (secondary N) is 1. The van der Waals surface area contributed by atoms with Gasteiger partial charge in [0.1, 0.15) is 6.17 Å². The third-order valence-electron chi connectivity index (χ3n) is 1.79. The van der Waals surface area contributed by atoms with E-state index in [4.69, 9.17) is 0 Å². The van der Waals surface area contributed by atoms with Gasteiger partial charge >= 0.3 is 0 Å². The van der Waals surface area contributed by atoms with Crippen LogP contribution in [0.5, 0.6) is 0 Å². The highest BCUT2D eigenvalue weighted by Crippen LogP contribution is 2.15. The number of carbonyl (C=O) groups is 1. The lowest BCUT2D eigenvalue weighted by Gasteiger charge is -2.24. The first-order valence-electron chi connectivity index (χ1n) is 3.55. The lowest BCUT2D eigenvalue weighted by molar-refractivity contribution is -0.117. The average Bonchev–Trinajstić information content (AvgIpc) is 2.04. The van der Waals surface area contributed by atoms with Gasteiger partial charge in [-0.3, -0.25) is 9.79 Å². The molecule has 2 atom stereocenters. The molecule has 0 fully saturated rings. The van der Waals surface area contributed by atoms with Crippen molar-refractivity contribution in [3.8, 4) is 0 Å². The number of hydrogen-bond acceptors (Lipinski definition) is 2. The molecule has 2 rings (SSSR count). The van der Waals surface area contributed by atoms with Gasteiger partial charge in [-0.15, -0.1) is 0 Å². The number of allylic oxidation sites excluding steroid dienone is 1. The molecule has 0 aromatic rings. The van der Waals surface area contributed by atoms with Crippen LogP contribution in [0.25, 0.3) is 0 Å². The number of dihydropyridines is 1. The predicted molar refractivity (Wildman–Crippen MR) is 42.2 cm³/mol. The smallest absolute Gasteiger partial charge is 0.245 e. The molecular weight excluding hydrogens is 140 g/mol. The molecule has 0 saturated carbocycles. The van der Waals surface area contributed by atoms with E-state index in [1.165, 1.54) is 0 Å². The van der Waals surface area contributed by atoms with Gasteiger partial charge in [0.25, 0.3) is 0 Å². The second-order valence-electron chi connectivity index (χ2n) is 2.57. The average molecular weight is 148 g/mol. The fraction of sp³-hybridized carbons (Fsp3) is 0.250. The lowest BCUT2D eigenvalue weighted by atomic mass is 10.0. The maximum atomic E-state index is 10.8. The van der Waals surface area contributed by atoms with Crippen LogP contribution in [0.1, 0.15) is 0 Å². The van der Waals surface area contributed by atoms with Crippen molar-refractivity contribution in [1.29, 1.82) is 0 Å². The van der Waals surface area contributed by atoms with Gasteiger partial charge < -0.3 is 5.32 Å². The van der Waals surface area contributed by atoms with Gasteiger partial charge in [-0.1, -0.05) is 12.2 Å². The third kappa shape index (κ3) is 1.09. The molecule has 2 aliphatic heterocycles. The molecule has 0 radical (unpaired) electrons. The Morgan fingerprint density at radius 2 is 2.36 bits per heavy atom. The Bertz CT molecular complexity index is 265. The Balaban J connectivity index is 2.26. The van der Waals surface area contributed by atoms with Crippen molar-refractivity contribution in [2.24, 2.45) is 10.9 Å². The van der Waals surface area contributed by atoms with E-state index in [9.17, 15) is 4.79 Å². The van der Waals surface area contributed by atoms with Gasteiger partial charge in [0.05, 0.1) is 0 Å². The molecule has 2 heterocycles. The molecule has 0 spiro atoms. The largest absolute Gasteiger partial charge is 0.330 e. The summed E-state index contributed by atoms with van der Waals surface area (Å²) in [6, 6.07) is 0. The summed E-state index contributed by atoms with van der Waals surface area (Å²) in [6.07, 6.45) is 8.97. The highest BCUT2D eigenvalue weighted by molar-refractivity contribution is 5.89. The molecule has 0 aromatic heterocycles. The highest BCUT2D eigenvalue weighted by Gasteiger charge is 2.21. The molecule has 3 nitrogen and oxygen atoms in total. The predicted octanol–water partition coefficient (Wildman–Crippen LogP) is 0.255. The van der Waals surface area contributed by atoms with Crippen LogP contribution in [-0.4, -0.2) is 18.3 Å². The van der Waals surface area contributed by atoms with Crippen molar-refractivity contribution in [3.63, 3.8) is 0 Å². The zero-order chi connectivity index (χ0) is 7.68. The van der Waals surface area contributed by atoms with Gasteiger partial charge in [-0.25, -0.2) is 0 Å². The molecule has 2 aliphatic rings. The topological polar surface area (TPSA) is 41.5 Å². The maximum absolute atomic E-state index is 10.8. The number of carbonyl (C=O) groups excluding carboxylic acids is 1. The summed E-state index contributed by atoms with van der Waals surface area (Å²) in [5.74, 6) is 0.191. The van der Waals surface area contributed by atoms with Crippen molar-refractivity contribution in [2.75, 3.05) is 0 Å². The summed E-state index contributed by atoms with van der Waals surface area (Å²) in [4.78, 5) is 14.9. The second-order valence-corrected chi connectivity index (χ2v) is 2.57. The molecular formula is C8H8N2O. The number of amides is 1. The fourth-order valence-electron chi connectivity index (χ4n) is 1.22. The first-order chi connectivity index (χ1) is 5.36. The van der Waals surface area contributed by atoms with Crippen LogP contribution in [0.2, 0.25) is 0 Å². The van der Waals surface area contributed by atoms with Gasteiger partial charge in [0.2, 0.25) is 5.91 Å². The molecule has 0 saturated heterocycles. The van der Waals surface area contributed by atoms with Crippen LogP contribution >= 0.6 is 0 Å². The Labute approximate surface area is 64.5 Å². The van der Waals surface area contributed by atoms with Crippen molar-refractivity contribution >= 4 is 12.1 Å². The minimum absolute atomic E-state index is 0.0568. The van der Waals surface area contributed by atoms with Gasteiger partial charge in [-0.2, -0.15) is 0 Å². The SMILES string of the molecule is O=C1C=CC2C=CC=NC2N1. The summed E-state index contributed by atoms with van der Waals surface area (Å²) in [7, 11) is 0. The molecule has 56 valence electrons. The van der Waals surface area contributed by atoms with E-state index in [1.54, 1.807) is 12.3 Å². The van der Waals surface area contributed by atoms with E-state index in [2.05, 4.69) is 10.3 Å². The highest BCUT2D eigenvalue weighted by atomic mass is 16.1. The van der Waals surface area contributed by atoms with Crippen molar-refractivity contribution in [3.05, 3.63) is 24.3 Å². The monoisotopic (exact) mass is 148 g/mol. The van der Waals surface area contributed by atoms with Crippen molar-refractivity contribution < 1.29 is 4.79 Å². The number of hydrogen-bond donors (Lipinski definition) is 1. The van der Waals surface area contributed by atoms with Crippen LogP contribution in [0.4, 0.5) is 0 Å². The number of rotatable bonds is 0. The standard InChI is InChI=1S/C8H8N2O/c11-7-4-3-6-2-1-5-9-8(6)10-7/h1-6,8H,(H,10,11). The zero-order valence-corrected chi connectivity index (χ0v) is 5.90. The van der Waals surface area contributed by atoms with Crippen LogP contribution in [0.15, 0.2) is 29.3 Å². The van der Waals surface area contributed by atoms with Crippen molar-refractivity contribution in [2.45, 2.75) is 6.17 Å². The summed E-state index contributed by atoms with van der Waals surface area (Å²) < 4.78 is 0. The molecule has 11 heavy (non-hydrogen) atoms. The third-order valence-corrected chi connectivity index (χ3v) is 1.79. The van der Waals surface area contributed by atoms with E-state index in [0.29, 0.717) is 0 Å². The van der Waals surface area contributed by atoms with E-state index < -0.39 is 0 Å². The molecule has 0 aromatic carbocycles.